The zero-order valence-electron chi connectivity index (χ0n) is 10.6. The fraction of sp³-hybridized carbons (Fsp3) is 0.133. The van der Waals surface area contributed by atoms with Crippen molar-refractivity contribution >= 4 is 17.2 Å². The minimum atomic E-state index is -0.232. The predicted octanol–water partition coefficient (Wildman–Crippen LogP) is 3.71. The van der Waals surface area contributed by atoms with E-state index in [1.807, 2.05) is 10.7 Å². The molecule has 1 aliphatic heterocycles. The molecule has 0 bridgehead atoms. The van der Waals surface area contributed by atoms with Gasteiger partial charge in [0.2, 0.25) is 0 Å². The summed E-state index contributed by atoms with van der Waals surface area (Å²) in [6.45, 7) is 0.923. The molecule has 0 saturated carbocycles. The van der Waals surface area contributed by atoms with Gasteiger partial charge in [0.1, 0.15) is 17.3 Å². The van der Waals surface area contributed by atoms with E-state index < -0.39 is 0 Å². The minimum Gasteiger partial charge on any atom is -0.369 e. The molecule has 0 aliphatic carbocycles. The first-order valence-electron chi connectivity index (χ1n) is 6.48. The lowest BCUT2D eigenvalue weighted by atomic mass is 10.2. The molecule has 4 rings (SSSR count). The Hall–Kier alpha value is -2.14. The molecule has 0 fully saturated rings. The quantitative estimate of drug-likeness (QED) is 0.778. The van der Waals surface area contributed by atoms with Gasteiger partial charge in [-0.2, -0.15) is 5.10 Å². The largest absolute Gasteiger partial charge is 0.369 e. The number of anilines is 1. The van der Waals surface area contributed by atoms with Crippen molar-refractivity contribution in [2.45, 2.75) is 6.42 Å². The summed E-state index contributed by atoms with van der Waals surface area (Å²) in [5.41, 5.74) is 3.15. The van der Waals surface area contributed by atoms with Crippen LogP contribution in [0.2, 0.25) is 0 Å². The van der Waals surface area contributed by atoms with Crippen molar-refractivity contribution in [1.82, 2.24) is 9.78 Å². The second-order valence-corrected chi connectivity index (χ2v) is 5.67. The number of hydrogen-bond donors (Lipinski definition) is 1. The van der Waals surface area contributed by atoms with Crippen LogP contribution in [-0.4, -0.2) is 16.3 Å². The first-order valence-corrected chi connectivity index (χ1v) is 7.36. The van der Waals surface area contributed by atoms with E-state index in [-0.39, 0.29) is 5.82 Å². The van der Waals surface area contributed by atoms with Gasteiger partial charge in [-0.3, -0.25) is 0 Å². The van der Waals surface area contributed by atoms with Crippen molar-refractivity contribution in [2.75, 3.05) is 11.9 Å². The number of halogens is 1. The molecular formula is C15H12FN3S. The lowest BCUT2D eigenvalue weighted by molar-refractivity contribution is 0.627. The van der Waals surface area contributed by atoms with Crippen molar-refractivity contribution < 1.29 is 4.39 Å². The first kappa shape index (κ1) is 11.7. The zero-order valence-corrected chi connectivity index (χ0v) is 11.5. The van der Waals surface area contributed by atoms with Gasteiger partial charge >= 0.3 is 0 Å². The Morgan fingerprint density at radius 2 is 2.05 bits per heavy atom. The van der Waals surface area contributed by atoms with Crippen LogP contribution in [0.5, 0.6) is 0 Å². The molecule has 20 heavy (non-hydrogen) atoms. The molecule has 0 spiro atoms. The fourth-order valence-electron chi connectivity index (χ4n) is 2.56. The van der Waals surface area contributed by atoms with E-state index >= 15 is 0 Å². The van der Waals surface area contributed by atoms with Gasteiger partial charge in [0.25, 0.3) is 0 Å². The van der Waals surface area contributed by atoms with Crippen molar-refractivity contribution in [3.63, 3.8) is 0 Å². The standard InChI is InChI=1S/C15H12FN3S/c16-10-3-5-11(6-4-10)19-15-12(7-8-17-15)14(18-19)13-2-1-9-20-13/h1-6,9,17H,7-8H2. The SMILES string of the molecule is Fc1ccc(-n2nc(-c3cccs3)c3c2NCC3)cc1. The van der Waals surface area contributed by atoms with Gasteiger partial charge in [-0.15, -0.1) is 11.3 Å². The van der Waals surface area contributed by atoms with E-state index in [4.69, 9.17) is 5.10 Å². The minimum absolute atomic E-state index is 0.232. The second-order valence-electron chi connectivity index (χ2n) is 4.72. The third-order valence-electron chi connectivity index (χ3n) is 3.48. The Bertz CT molecular complexity index is 744. The highest BCUT2D eigenvalue weighted by Crippen LogP contribution is 2.36. The summed E-state index contributed by atoms with van der Waals surface area (Å²) in [7, 11) is 0. The summed E-state index contributed by atoms with van der Waals surface area (Å²) in [5, 5.41) is 10.1. The van der Waals surface area contributed by atoms with Crippen LogP contribution in [0, 0.1) is 5.82 Å². The highest BCUT2D eigenvalue weighted by atomic mass is 32.1. The molecule has 0 amide bonds. The third kappa shape index (κ3) is 1.74. The van der Waals surface area contributed by atoms with Crippen LogP contribution in [0.25, 0.3) is 16.3 Å². The molecule has 0 unspecified atom stereocenters. The molecule has 3 aromatic rings. The molecular weight excluding hydrogens is 273 g/mol. The zero-order chi connectivity index (χ0) is 13.5. The van der Waals surface area contributed by atoms with E-state index in [2.05, 4.69) is 16.8 Å². The lowest BCUT2D eigenvalue weighted by Crippen LogP contribution is -2.04. The number of nitrogens with one attached hydrogen (secondary N) is 1. The van der Waals surface area contributed by atoms with Gasteiger partial charge in [0.15, 0.2) is 0 Å². The summed E-state index contributed by atoms with van der Waals surface area (Å²) in [5.74, 6) is 0.795. The van der Waals surface area contributed by atoms with Gasteiger partial charge in [-0.05, 0) is 42.1 Å². The normalized spacial score (nSPS) is 13.2. The van der Waals surface area contributed by atoms with E-state index in [9.17, 15) is 4.39 Å². The van der Waals surface area contributed by atoms with Crippen LogP contribution in [0.1, 0.15) is 5.56 Å². The number of hydrogen-bond acceptors (Lipinski definition) is 3. The second kappa shape index (κ2) is 4.45. The Labute approximate surface area is 119 Å². The smallest absolute Gasteiger partial charge is 0.133 e. The molecule has 2 aromatic heterocycles. The van der Waals surface area contributed by atoms with E-state index in [0.717, 1.165) is 30.2 Å². The highest BCUT2D eigenvalue weighted by molar-refractivity contribution is 7.13. The van der Waals surface area contributed by atoms with Crippen LogP contribution < -0.4 is 5.32 Å². The van der Waals surface area contributed by atoms with E-state index in [1.165, 1.54) is 22.6 Å². The molecule has 5 heteroatoms. The number of nitrogens with zero attached hydrogens (tertiary/aromatic N) is 2. The maximum atomic E-state index is 13.1. The summed E-state index contributed by atoms with van der Waals surface area (Å²) >= 11 is 1.69. The average molecular weight is 285 g/mol. The van der Waals surface area contributed by atoms with Gasteiger partial charge < -0.3 is 5.32 Å². The summed E-state index contributed by atoms with van der Waals surface area (Å²) in [6.07, 6.45) is 0.976. The van der Waals surface area contributed by atoms with E-state index in [0.29, 0.717) is 0 Å². The van der Waals surface area contributed by atoms with Gasteiger partial charge in [0, 0.05) is 12.1 Å². The number of benzene rings is 1. The number of thiophene rings is 1. The lowest BCUT2D eigenvalue weighted by Gasteiger charge is -2.05. The third-order valence-corrected chi connectivity index (χ3v) is 4.35. The van der Waals surface area contributed by atoms with Crippen LogP contribution in [-0.2, 0) is 6.42 Å². The molecule has 0 saturated heterocycles. The van der Waals surface area contributed by atoms with Gasteiger partial charge in [-0.1, -0.05) is 6.07 Å². The number of aromatic nitrogens is 2. The van der Waals surface area contributed by atoms with Crippen LogP contribution >= 0.6 is 11.3 Å². The maximum Gasteiger partial charge on any atom is 0.133 e. The molecule has 1 N–H and O–H groups in total. The number of fused-ring (bicyclic) bond motifs is 1. The predicted molar refractivity (Wildman–Crippen MR) is 79.0 cm³/mol. The molecule has 0 radical (unpaired) electrons. The Morgan fingerprint density at radius 1 is 1.20 bits per heavy atom. The Kier molecular flexibility index (Phi) is 2.60. The summed E-state index contributed by atoms with van der Waals surface area (Å²) < 4.78 is 14.9. The molecule has 3 nitrogen and oxygen atoms in total. The monoisotopic (exact) mass is 285 g/mol. The highest BCUT2D eigenvalue weighted by Gasteiger charge is 2.24. The van der Waals surface area contributed by atoms with Crippen LogP contribution in [0.4, 0.5) is 10.2 Å². The van der Waals surface area contributed by atoms with Crippen molar-refractivity contribution in [3.8, 4) is 16.3 Å². The molecule has 0 atom stereocenters. The first-order chi connectivity index (χ1) is 9.83. The molecule has 100 valence electrons. The molecule has 1 aliphatic rings. The van der Waals surface area contributed by atoms with Crippen LogP contribution in [0.15, 0.2) is 41.8 Å². The van der Waals surface area contributed by atoms with Gasteiger partial charge in [0.05, 0.1) is 10.6 Å². The topological polar surface area (TPSA) is 29.9 Å². The summed E-state index contributed by atoms with van der Waals surface area (Å²) in [6, 6.07) is 10.5. The van der Waals surface area contributed by atoms with Gasteiger partial charge in [-0.25, -0.2) is 9.07 Å². The molecule has 1 aromatic carbocycles. The van der Waals surface area contributed by atoms with Crippen molar-refractivity contribution in [1.29, 1.82) is 0 Å². The average Bonchev–Trinajstić information content (AvgIpc) is 3.16. The molecule has 3 heterocycles. The number of rotatable bonds is 2. The Balaban J connectivity index is 1.89. The van der Waals surface area contributed by atoms with Crippen molar-refractivity contribution in [3.05, 3.63) is 53.2 Å². The van der Waals surface area contributed by atoms with Crippen LogP contribution in [0.3, 0.4) is 0 Å². The Morgan fingerprint density at radius 3 is 2.80 bits per heavy atom. The van der Waals surface area contributed by atoms with Crippen molar-refractivity contribution in [2.24, 2.45) is 0 Å². The fourth-order valence-corrected chi connectivity index (χ4v) is 3.29. The summed E-state index contributed by atoms with van der Waals surface area (Å²) in [4.78, 5) is 1.17. The van der Waals surface area contributed by atoms with E-state index in [1.54, 1.807) is 23.5 Å². The maximum absolute atomic E-state index is 13.1.